The summed E-state index contributed by atoms with van der Waals surface area (Å²) in [6.07, 6.45) is 0.366. The third-order valence-corrected chi connectivity index (χ3v) is 6.34. The number of rotatable bonds is 6. The Morgan fingerprint density at radius 3 is 2.50 bits per heavy atom. The summed E-state index contributed by atoms with van der Waals surface area (Å²) >= 11 is 6.23. The van der Waals surface area contributed by atoms with Crippen LogP contribution in [0.5, 0.6) is 0 Å². The van der Waals surface area contributed by atoms with Gasteiger partial charge in [-0.15, -0.1) is 0 Å². The third kappa shape index (κ3) is 4.47. The van der Waals surface area contributed by atoms with Crippen LogP contribution in [0, 0.1) is 0 Å². The van der Waals surface area contributed by atoms with Crippen molar-refractivity contribution in [1.29, 1.82) is 0 Å². The quantitative estimate of drug-likeness (QED) is 0.441. The van der Waals surface area contributed by atoms with Crippen molar-refractivity contribution in [3.8, 4) is 0 Å². The van der Waals surface area contributed by atoms with Crippen molar-refractivity contribution < 1.29 is 9.59 Å². The van der Waals surface area contributed by atoms with Crippen LogP contribution >= 0.6 is 11.6 Å². The van der Waals surface area contributed by atoms with Crippen molar-refractivity contribution >= 4 is 40.5 Å². The average molecular weight is 474 g/mol. The van der Waals surface area contributed by atoms with Crippen molar-refractivity contribution in [2.45, 2.75) is 25.6 Å². The van der Waals surface area contributed by atoms with E-state index in [0.717, 1.165) is 22.2 Å². The van der Waals surface area contributed by atoms with E-state index >= 15 is 0 Å². The van der Waals surface area contributed by atoms with E-state index in [1.807, 2.05) is 77.4 Å². The molecular formula is C26H24ClN5O2. The first-order valence-electron chi connectivity index (χ1n) is 11.2. The van der Waals surface area contributed by atoms with Gasteiger partial charge >= 0.3 is 6.03 Å². The van der Waals surface area contributed by atoms with Gasteiger partial charge in [-0.05, 0) is 29.3 Å². The average Bonchev–Trinajstić information content (AvgIpc) is 3.43. The number of amides is 3. The fraction of sp³-hybridized carbons (Fsp3) is 0.192. The molecule has 2 heterocycles. The minimum Gasteiger partial charge on any atom is -0.350 e. The molecule has 2 N–H and O–H groups in total. The fourth-order valence-corrected chi connectivity index (χ4v) is 4.42. The van der Waals surface area contributed by atoms with Crippen LogP contribution in [0.25, 0.3) is 11.0 Å². The van der Waals surface area contributed by atoms with E-state index in [1.165, 1.54) is 0 Å². The van der Waals surface area contributed by atoms with Crippen molar-refractivity contribution in [1.82, 2.24) is 20.2 Å². The van der Waals surface area contributed by atoms with Gasteiger partial charge in [0, 0.05) is 31.1 Å². The van der Waals surface area contributed by atoms with Crippen molar-refractivity contribution in [3.05, 3.63) is 95.0 Å². The number of imidazole rings is 1. The van der Waals surface area contributed by atoms with E-state index in [1.54, 1.807) is 11.0 Å². The maximum Gasteiger partial charge on any atom is 0.324 e. The van der Waals surface area contributed by atoms with Crippen LogP contribution < -0.4 is 15.5 Å². The molecule has 0 saturated heterocycles. The Bertz CT molecular complexity index is 1340. The molecule has 1 unspecified atom stereocenters. The number of nitrogens with zero attached hydrogens (tertiary/aromatic N) is 3. The zero-order valence-electron chi connectivity index (χ0n) is 18.4. The Kier molecular flexibility index (Phi) is 6.18. The lowest BCUT2D eigenvalue weighted by Crippen LogP contribution is -2.52. The molecule has 0 bridgehead atoms. The second-order valence-electron chi connectivity index (χ2n) is 8.20. The highest BCUT2D eigenvalue weighted by atomic mass is 35.5. The van der Waals surface area contributed by atoms with Crippen LogP contribution in [0.4, 0.5) is 10.7 Å². The number of hydrogen-bond donors (Lipinski definition) is 2. The van der Waals surface area contributed by atoms with Gasteiger partial charge in [0.25, 0.3) is 0 Å². The molecule has 0 saturated carbocycles. The number of hydrogen-bond acceptors (Lipinski definition) is 3. The topological polar surface area (TPSA) is 79.3 Å². The molecule has 8 heteroatoms. The van der Waals surface area contributed by atoms with Crippen LogP contribution in [0.1, 0.15) is 11.1 Å². The predicted molar refractivity (Wildman–Crippen MR) is 133 cm³/mol. The standard InChI is InChI=1S/C26H24ClN5O2/c27-20-11-5-4-10-19(20)17-28-24(33)22(16-18-8-2-1-3-9-18)30-26(34)32-15-14-31-23-13-7-6-12-21(23)29-25(31)32/h1-13,22H,14-17H2,(H,28,33)(H,30,34). The lowest BCUT2D eigenvalue weighted by molar-refractivity contribution is -0.123. The highest BCUT2D eigenvalue weighted by Crippen LogP contribution is 2.27. The molecule has 1 aliphatic rings. The lowest BCUT2D eigenvalue weighted by atomic mass is 10.1. The van der Waals surface area contributed by atoms with E-state index in [9.17, 15) is 9.59 Å². The first-order chi connectivity index (χ1) is 16.6. The van der Waals surface area contributed by atoms with Crippen LogP contribution in [0.15, 0.2) is 78.9 Å². The highest BCUT2D eigenvalue weighted by Gasteiger charge is 2.31. The molecule has 0 radical (unpaired) electrons. The molecule has 1 aliphatic heterocycles. The molecule has 34 heavy (non-hydrogen) atoms. The number of benzene rings is 3. The van der Waals surface area contributed by atoms with Gasteiger partial charge in [0.15, 0.2) is 0 Å². The Balaban J connectivity index is 1.34. The largest absolute Gasteiger partial charge is 0.350 e. The molecule has 1 aromatic heterocycles. The number of aromatic nitrogens is 2. The summed E-state index contributed by atoms with van der Waals surface area (Å²) in [5, 5.41) is 6.44. The Morgan fingerprint density at radius 2 is 1.68 bits per heavy atom. The van der Waals surface area contributed by atoms with Crippen molar-refractivity contribution in [2.75, 3.05) is 11.4 Å². The van der Waals surface area contributed by atoms with Gasteiger partial charge in [-0.2, -0.15) is 0 Å². The van der Waals surface area contributed by atoms with Gasteiger partial charge in [-0.3, -0.25) is 9.69 Å². The third-order valence-electron chi connectivity index (χ3n) is 5.98. The van der Waals surface area contributed by atoms with E-state index < -0.39 is 6.04 Å². The van der Waals surface area contributed by atoms with Crippen LogP contribution in [0.2, 0.25) is 5.02 Å². The Labute approximate surface area is 202 Å². The molecule has 0 fully saturated rings. The molecule has 7 nitrogen and oxygen atoms in total. The molecule has 3 amide bonds. The van der Waals surface area contributed by atoms with E-state index in [2.05, 4.69) is 15.6 Å². The van der Waals surface area contributed by atoms with E-state index in [-0.39, 0.29) is 18.5 Å². The smallest absolute Gasteiger partial charge is 0.324 e. The lowest BCUT2D eigenvalue weighted by Gasteiger charge is -2.22. The van der Waals surface area contributed by atoms with E-state index in [4.69, 9.17) is 11.6 Å². The predicted octanol–water partition coefficient (Wildman–Crippen LogP) is 4.15. The molecular weight excluding hydrogens is 450 g/mol. The molecule has 4 aromatic rings. The first-order valence-corrected chi connectivity index (χ1v) is 11.6. The van der Waals surface area contributed by atoms with Gasteiger partial charge < -0.3 is 15.2 Å². The summed E-state index contributed by atoms with van der Waals surface area (Å²) < 4.78 is 2.03. The number of anilines is 1. The van der Waals surface area contributed by atoms with Gasteiger partial charge in [0.1, 0.15) is 6.04 Å². The summed E-state index contributed by atoms with van der Waals surface area (Å²) in [4.78, 5) is 32.7. The maximum atomic E-state index is 13.3. The summed E-state index contributed by atoms with van der Waals surface area (Å²) in [5.74, 6) is 0.318. The van der Waals surface area contributed by atoms with Gasteiger partial charge in [-0.25, -0.2) is 9.78 Å². The normalized spacial score (nSPS) is 13.5. The second-order valence-corrected chi connectivity index (χ2v) is 8.61. The number of para-hydroxylation sites is 2. The van der Waals surface area contributed by atoms with E-state index in [0.29, 0.717) is 30.5 Å². The highest BCUT2D eigenvalue weighted by molar-refractivity contribution is 6.31. The van der Waals surface area contributed by atoms with Gasteiger partial charge in [0.05, 0.1) is 11.0 Å². The molecule has 5 rings (SSSR count). The number of halogens is 1. The van der Waals surface area contributed by atoms with Gasteiger partial charge in [-0.1, -0.05) is 72.3 Å². The van der Waals surface area contributed by atoms with Gasteiger partial charge in [0.2, 0.25) is 11.9 Å². The SMILES string of the molecule is O=C(NCc1ccccc1Cl)C(Cc1ccccc1)NC(=O)N1CCn2c1nc1ccccc12. The number of carbonyl (C=O) groups is 2. The van der Waals surface area contributed by atoms with Crippen LogP contribution in [-0.2, 0) is 24.3 Å². The van der Waals surface area contributed by atoms with Crippen molar-refractivity contribution in [2.24, 2.45) is 0 Å². The number of nitrogens with one attached hydrogen (secondary N) is 2. The van der Waals surface area contributed by atoms with Crippen LogP contribution in [0.3, 0.4) is 0 Å². The number of urea groups is 1. The monoisotopic (exact) mass is 473 g/mol. The Hall–Kier alpha value is -3.84. The minimum atomic E-state index is -0.754. The number of carbonyl (C=O) groups excluding carboxylic acids is 2. The Morgan fingerprint density at radius 1 is 0.941 bits per heavy atom. The van der Waals surface area contributed by atoms with Crippen molar-refractivity contribution in [3.63, 3.8) is 0 Å². The molecule has 0 spiro atoms. The number of fused-ring (bicyclic) bond motifs is 3. The molecule has 172 valence electrons. The summed E-state index contributed by atoms with van der Waals surface area (Å²) in [5.41, 5.74) is 3.60. The first kappa shape index (κ1) is 22.0. The molecule has 3 aromatic carbocycles. The molecule has 1 atom stereocenters. The summed E-state index contributed by atoms with van der Waals surface area (Å²) in [6.45, 7) is 1.43. The summed E-state index contributed by atoms with van der Waals surface area (Å²) in [7, 11) is 0. The molecule has 0 aliphatic carbocycles. The second kappa shape index (κ2) is 9.57. The minimum absolute atomic E-state index is 0.273. The maximum absolute atomic E-state index is 13.3. The zero-order valence-corrected chi connectivity index (χ0v) is 19.2. The van der Waals surface area contributed by atoms with Crippen LogP contribution in [-0.4, -0.2) is 34.1 Å². The summed E-state index contributed by atoms with van der Waals surface area (Å²) in [6, 6.07) is 23.7. The zero-order chi connectivity index (χ0) is 23.5. The fourth-order valence-electron chi connectivity index (χ4n) is 4.22.